The summed E-state index contributed by atoms with van der Waals surface area (Å²) in [6, 6.07) is 17.7. The summed E-state index contributed by atoms with van der Waals surface area (Å²) in [5, 5.41) is 3.50. The van der Waals surface area contributed by atoms with Gasteiger partial charge in [-0.05, 0) is 59.1 Å². The number of anilines is 3. The van der Waals surface area contributed by atoms with Crippen molar-refractivity contribution in [2.45, 2.75) is 18.9 Å². The van der Waals surface area contributed by atoms with Crippen molar-refractivity contribution in [2.24, 2.45) is 0 Å². The number of benzene rings is 1. The van der Waals surface area contributed by atoms with Crippen LogP contribution < -0.4 is 16.0 Å². The van der Waals surface area contributed by atoms with Crippen LogP contribution in [0.2, 0.25) is 0 Å². The number of pyridine rings is 2. The zero-order valence-electron chi connectivity index (χ0n) is 15.9. The molecule has 3 aromatic rings. The lowest BCUT2D eigenvalue weighted by Gasteiger charge is -2.26. The Morgan fingerprint density at radius 3 is 2.86 bits per heavy atom. The van der Waals surface area contributed by atoms with Crippen molar-refractivity contribution >= 4 is 39.0 Å². The Labute approximate surface area is 178 Å². The van der Waals surface area contributed by atoms with Crippen LogP contribution in [0.3, 0.4) is 0 Å². The number of carbonyl (C=O) groups excluding carboxylic acids is 1. The maximum Gasteiger partial charge on any atom is 0.215 e. The monoisotopic (exact) mass is 451 g/mol. The Hall–Kier alpha value is -2.93. The minimum Gasteiger partial charge on any atom is -0.383 e. The molecule has 1 aromatic carbocycles. The fourth-order valence-electron chi connectivity index (χ4n) is 3.62. The van der Waals surface area contributed by atoms with E-state index in [-0.39, 0.29) is 11.6 Å². The molecule has 4 rings (SSSR count). The third-order valence-electron chi connectivity index (χ3n) is 5.08. The molecule has 0 amide bonds. The van der Waals surface area contributed by atoms with Crippen LogP contribution in [0, 0.1) is 0 Å². The maximum atomic E-state index is 12.9. The molecule has 1 fully saturated rings. The molecule has 0 bridgehead atoms. The van der Waals surface area contributed by atoms with Gasteiger partial charge in [0.15, 0.2) is 0 Å². The van der Waals surface area contributed by atoms with Crippen molar-refractivity contribution in [3.63, 3.8) is 0 Å². The smallest absolute Gasteiger partial charge is 0.215 e. The number of para-hydroxylation sites is 1. The molecular formula is C22H22BrN5O. The van der Waals surface area contributed by atoms with Gasteiger partial charge in [0.05, 0.1) is 5.56 Å². The SMILES string of the molecule is Nc1ncc(Br)cc1C(=O)c1cccc(N2CCC[C@@H]2CNc2ccccc2)n1. The van der Waals surface area contributed by atoms with Crippen LogP contribution in [0.15, 0.2) is 65.3 Å². The number of nitrogen functional groups attached to an aromatic ring is 1. The predicted octanol–water partition coefficient (Wildman–Crippen LogP) is 4.13. The molecule has 1 saturated heterocycles. The molecule has 3 heterocycles. The second-order valence-corrected chi connectivity index (χ2v) is 7.95. The van der Waals surface area contributed by atoms with Crippen molar-refractivity contribution in [2.75, 3.05) is 29.0 Å². The van der Waals surface area contributed by atoms with E-state index in [1.807, 2.05) is 30.3 Å². The first kappa shape index (κ1) is 19.4. The Morgan fingerprint density at radius 2 is 2.03 bits per heavy atom. The molecule has 0 radical (unpaired) electrons. The molecule has 29 heavy (non-hydrogen) atoms. The van der Waals surface area contributed by atoms with Gasteiger partial charge in [0.2, 0.25) is 5.78 Å². The Morgan fingerprint density at radius 1 is 1.21 bits per heavy atom. The number of nitrogens with two attached hydrogens (primary N) is 1. The lowest BCUT2D eigenvalue weighted by molar-refractivity contribution is 0.103. The number of rotatable bonds is 6. The molecule has 1 aliphatic heterocycles. The molecule has 1 aliphatic rings. The molecule has 7 heteroatoms. The van der Waals surface area contributed by atoms with E-state index in [2.05, 4.69) is 48.2 Å². The van der Waals surface area contributed by atoms with Crippen molar-refractivity contribution in [3.05, 3.63) is 76.5 Å². The normalized spacial score (nSPS) is 16.0. The standard InChI is InChI=1S/C22H22BrN5O/c23-15-12-18(22(24)26-13-15)21(29)19-9-4-10-20(27-19)28-11-5-8-17(28)14-25-16-6-2-1-3-7-16/h1-4,6-7,9-10,12-13,17,25H,5,8,11,14H2,(H2,24,26)/t17-/m1/s1. The second-order valence-electron chi connectivity index (χ2n) is 7.03. The Kier molecular flexibility index (Phi) is 5.76. The fourth-order valence-corrected chi connectivity index (χ4v) is 3.95. The van der Waals surface area contributed by atoms with Crippen LogP contribution in [0.5, 0.6) is 0 Å². The largest absolute Gasteiger partial charge is 0.383 e. The van der Waals surface area contributed by atoms with Crippen molar-refractivity contribution in [1.82, 2.24) is 9.97 Å². The summed E-state index contributed by atoms with van der Waals surface area (Å²) in [6.07, 6.45) is 3.76. The highest BCUT2D eigenvalue weighted by atomic mass is 79.9. The van der Waals surface area contributed by atoms with Crippen LogP contribution in [0.1, 0.15) is 28.9 Å². The van der Waals surface area contributed by atoms with Crippen LogP contribution in [0.25, 0.3) is 0 Å². The number of carbonyl (C=O) groups is 1. The van der Waals surface area contributed by atoms with E-state index in [0.29, 0.717) is 21.8 Å². The first-order valence-electron chi connectivity index (χ1n) is 9.60. The summed E-state index contributed by atoms with van der Waals surface area (Å²) in [5.41, 5.74) is 7.74. The molecule has 6 nitrogen and oxygen atoms in total. The van der Waals surface area contributed by atoms with Gasteiger partial charge in [0.25, 0.3) is 0 Å². The van der Waals surface area contributed by atoms with Crippen molar-refractivity contribution < 1.29 is 4.79 Å². The zero-order chi connectivity index (χ0) is 20.2. The van der Waals surface area contributed by atoms with E-state index in [0.717, 1.165) is 37.4 Å². The van der Waals surface area contributed by atoms with Gasteiger partial charge in [-0.2, -0.15) is 0 Å². The molecule has 0 saturated carbocycles. The van der Waals surface area contributed by atoms with E-state index < -0.39 is 0 Å². The van der Waals surface area contributed by atoms with Gasteiger partial charge in [-0.1, -0.05) is 24.3 Å². The van der Waals surface area contributed by atoms with Crippen LogP contribution in [0.4, 0.5) is 17.3 Å². The highest BCUT2D eigenvalue weighted by molar-refractivity contribution is 9.10. The molecule has 2 aromatic heterocycles. The van der Waals surface area contributed by atoms with Gasteiger partial charge in [-0.25, -0.2) is 9.97 Å². The van der Waals surface area contributed by atoms with Crippen LogP contribution in [-0.2, 0) is 0 Å². The lowest BCUT2D eigenvalue weighted by atomic mass is 10.1. The quantitative estimate of drug-likeness (QED) is 0.548. The summed E-state index contributed by atoms with van der Waals surface area (Å²) in [6.45, 7) is 1.75. The molecule has 1 atom stereocenters. The lowest BCUT2D eigenvalue weighted by Crippen LogP contribution is -2.35. The number of nitrogens with zero attached hydrogens (tertiary/aromatic N) is 3. The summed E-state index contributed by atoms with van der Waals surface area (Å²) in [4.78, 5) is 23.9. The number of nitrogens with one attached hydrogen (secondary N) is 1. The van der Waals surface area contributed by atoms with E-state index in [1.54, 1.807) is 18.3 Å². The van der Waals surface area contributed by atoms with Gasteiger partial charge in [0, 0.05) is 35.5 Å². The fraction of sp³-hybridized carbons (Fsp3) is 0.227. The van der Waals surface area contributed by atoms with Gasteiger partial charge < -0.3 is 16.0 Å². The molecule has 3 N–H and O–H groups in total. The summed E-state index contributed by atoms with van der Waals surface area (Å²) in [7, 11) is 0. The third kappa shape index (κ3) is 4.40. The maximum absolute atomic E-state index is 12.9. The topological polar surface area (TPSA) is 84.1 Å². The van der Waals surface area contributed by atoms with Gasteiger partial charge in [-0.15, -0.1) is 0 Å². The highest BCUT2D eigenvalue weighted by Gasteiger charge is 2.26. The number of aromatic nitrogens is 2. The summed E-state index contributed by atoms with van der Waals surface area (Å²) >= 11 is 3.34. The number of ketones is 1. The first-order valence-corrected chi connectivity index (χ1v) is 10.4. The second kappa shape index (κ2) is 8.61. The first-order chi connectivity index (χ1) is 14.1. The molecule has 0 unspecified atom stereocenters. The number of halogens is 1. The van der Waals surface area contributed by atoms with Crippen molar-refractivity contribution in [3.8, 4) is 0 Å². The van der Waals surface area contributed by atoms with E-state index in [1.165, 1.54) is 0 Å². The Balaban J connectivity index is 1.53. The molecular weight excluding hydrogens is 430 g/mol. The summed E-state index contributed by atoms with van der Waals surface area (Å²) < 4.78 is 0.706. The van der Waals surface area contributed by atoms with Crippen molar-refractivity contribution in [1.29, 1.82) is 0 Å². The van der Waals surface area contributed by atoms with E-state index in [9.17, 15) is 4.79 Å². The minimum atomic E-state index is -0.226. The zero-order valence-corrected chi connectivity index (χ0v) is 17.5. The van der Waals surface area contributed by atoms with Crippen LogP contribution >= 0.6 is 15.9 Å². The molecule has 0 spiro atoms. The average Bonchev–Trinajstić information content (AvgIpc) is 3.23. The minimum absolute atomic E-state index is 0.205. The van der Waals surface area contributed by atoms with Crippen LogP contribution in [-0.4, -0.2) is 34.9 Å². The van der Waals surface area contributed by atoms with Gasteiger partial charge >= 0.3 is 0 Å². The van der Waals surface area contributed by atoms with Gasteiger partial charge in [0.1, 0.15) is 17.3 Å². The highest BCUT2D eigenvalue weighted by Crippen LogP contribution is 2.26. The number of hydrogen-bond acceptors (Lipinski definition) is 6. The molecule has 0 aliphatic carbocycles. The van der Waals surface area contributed by atoms with E-state index >= 15 is 0 Å². The molecule has 148 valence electrons. The summed E-state index contributed by atoms with van der Waals surface area (Å²) in [5.74, 6) is 0.794. The average molecular weight is 452 g/mol. The predicted molar refractivity (Wildman–Crippen MR) is 119 cm³/mol. The Bertz CT molecular complexity index is 1010. The third-order valence-corrected chi connectivity index (χ3v) is 5.52. The number of hydrogen-bond donors (Lipinski definition) is 2. The van der Waals surface area contributed by atoms with E-state index in [4.69, 9.17) is 5.73 Å². The van der Waals surface area contributed by atoms with Gasteiger partial charge in [-0.3, -0.25) is 4.79 Å².